The van der Waals surface area contributed by atoms with E-state index in [0.29, 0.717) is 11.6 Å². The van der Waals surface area contributed by atoms with Gasteiger partial charge in [0.25, 0.3) is 0 Å². The average Bonchev–Trinajstić information content (AvgIpc) is 3.17. The molecular formula is C25H25N9O. The van der Waals surface area contributed by atoms with Crippen LogP contribution in [0.2, 0.25) is 0 Å². The van der Waals surface area contributed by atoms with Crippen LogP contribution in [0, 0.1) is 6.92 Å². The molecule has 0 atom stereocenters. The van der Waals surface area contributed by atoms with Gasteiger partial charge in [-0.15, -0.1) is 0 Å². The van der Waals surface area contributed by atoms with Crippen molar-refractivity contribution in [3.05, 3.63) is 66.9 Å². The lowest BCUT2D eigenvalue weighted by Crippen LogP contribution is -2.28. The first kappa shape index (κ1) is 21.2. The van der Waals surface area contributed by atoms with Crippen LogP contribution in [0.3, 0.4) is 0 Å². The van der Waals surface area contributed by atoms with Gasteiger partial charge in [-0.3, -0.25) is 0 Å². The number of fused-ring (bicyclic) bond motifs is 2. The summed E-state index contributed by atoms with van der Waals surface area (Å²) in [6.45, 7) is 5.91. The molecule has 1 fully saturated rings. The van der Waals surface area contributed by atoms with Crippen molar-refractivity contribution in [3.8, 4) is 11.5 Å². The first-order chi connectivity index (χ1) is 17.2. The van der Waals surface area contributed by atoms with Gasteiger partial charge in [-0.25, -0.2) is 24.5 Å². The van der Waals surface area contributed by atoms with E-state index in [0.717, 1.165) is 72.1 Å². The highest BCUT2D eigenvalue weighted by molar-refractivity contribution is 5.88. The lowest BCUT2D eigenvalue weighted by molar-refractivity contribution is 0.478. The van der Waals surface area contributed by atoms with Crippen molar-refractivity contribution in [2.45, 2.75) is 13.3 Å². The zero-order valence-electron chi connectivity index (χ0n) is 19.3. The average molecular weight is 468 g/mol. The lowest BCUT2D eigenvalue weighted by atomic mass is 10.2. The fourth-order valence-corrected chi connectivity index (χ4v) is 4.24. The van der Waals surface area contributed by atoms with Gasteiger partial charge >= 0.3 is 0 Å². The third-order valence-corrected chi connectivity index (χ3v) is 6.05. The first-order valence-corrected chi connectivity index (χ1v) is 11.7. The smallest absolute Gasteiger partial charge is 0.160 e. The Morgan fingerprint density at radius 3 is 2.89 bits per heavy atom. The minimum Gasteiger partial charge on any atom is -0.457 e. The Labute approximate surface area is 202 Å². The predicted molar refractivity (Wildman–Crippen MR) is 135 cm³/mol. The molecule has 10 nitrogen and oxygen atoms in total. The minimum atomic E-state index is 0.676. The van der Waals surface area contributed by atoms with Crippen LogP contribution in [0.15, 0.2) is 61.3 Å². The molecule has 10 heteroatoms. The molecule has 1 aromatic carbocycles. The second kappa shape index (κ2) is 9.15. The van der Waals surface area contributed by atoms with Crippen molar-refractivity contribution in [1.82, 2.24) is 34.9 Å². The van der Waals surface area contributed by atoms with E-state index in [4.69, 9.17) is 9.72 Å². The minimum absolute atomic E-state index is 0.676. The number of benzene rings is 1. The Kier molecular flexibility index (Phi) is 5.55. The van der Waals surface area contributed by atoms with E-state index in [1.54, 1.807) is 10.8 Å². The predicted octanol–water partition coefficient (Wildman–Crippen LogP) is 3.71. The molecule has 0 amide bonds. The summed E-state index contributed by atoms with van der Waals surface area (Å²) in [7, 11) is 0. The van der Waals surface area contributed by atoms with Gasteiger partial charge in [0.05, 0.1) is 5.52 Å². The van der Waals surface area contributed by atoms with E-state index in [-0.39, 0.29) is 0 Å². The first-order valence-electron chi connectivity index (χ1n) is 11.7. The number of aromatic nitrogens is 6. The largest absolute Gasteiger partial charge is 0.457 e. The molecule has 0 bridgehead atoms. The van der Waals surface area contributed by atoms with Crippen LogP contribution in [-0.4, -0.2) is 55.7 Å². The molecule has 6 rings (SSSR count). The molecule has 1 saturated heterocycles. The molecular weight excluding hydrogens is 442 g/mol. The van der Waals surface area contributed by atoms with Gasteiger partial charge in [0, 0.05) is 37.6 Å². The summed E-state index contributed by atoms with van der Waals surface area (Å²) in [6, 6.07) is 13.7. The normalized spacial score (nSPS) is 14.3. The number of nitrogens with zero attached hydrogens (tertiary/aromatic N) is 7. The SMILES string of the molecule is Cc1cc(Nc2ncnc3ccc(N4CCCNCC4)nc23)ccc1Oc1ccn2ncnc2c1. The Balaban J connectivity index is 1.25. The van der Waals surface area contributed by atoms with Crippen LogP contribution < -0.4 is 20.3 Å². The lowest BCUT2D eigenvalue weighted by Gasteiger charge is -2.21. The highest BCUT2D eigenvalue weighted by atomic mass is 16.5. The summed E-state index contributed by atoms with van der Waals surface area (Å²) < 4.78 is 7.79. The van der Waals surface area contributed by atoms with Crippen molar-refractivity contribution < 1.29 is 4.74 Å². The maximum absolute atomic E-state index is 6.10. The maximum Gasteiger partial charge on any atom is 0.160 e. The molecule has 176 valence electrons. The monoisotopic (exact) mass is 467 g/mol. The number of aryl methyl sites for hydroxylation is 1. The molecule has 5 heterocycles. The van der Waals surface area contributed by atoms with Crippen molar-refractivity contribution in [3.63, 3.8) is 0 Å². The zero-order chi connectivity index (χ0) is 23.6. The van der Waals surface area contributed by atoms with Crippen LogP contribution >= 0.6 is 0 Å². The number of ether oxygens (including phenoxy) is 1. The standard InChI is InChI=1S/C25H25N9O/c1-17-13-18(3-5-21(17)35-19-7-11-34-23(14-19)28-16-30-34)31-25-24-20(27-15-29-25)4-6-22(32-24)33-10-2-8-26-9-12-33/h3-7,11,13-16,26H,2,8-10,12H2,1H3,(H,27,29,31). The molecule has 0 spiro atoms. The summed E-state index contributed by atoms with van der Waals surface area (Å²) in [5.41, 5.74) is 4.17. The second-order valence-corrected chi connectivity index (χ2v) is 8.48. The topological polar surface area (TPSA) is 105 Å². The number of pyridine rings is 2. The van der Waals surface area contributed by atoms with Crippen LogP contribution in [0.1, 0.15) is 12.0 Å². The summed E-state index contributed by atoms with van der Waals surface area (Å²) in [5, 5.41) is 11.0. The number of anilines is 3. The summed E-state index contributed by atoms with van der Waals surface area (Å²) in [6.07, 6.45) is 6.00. The van der Waals surface area contributed by atoms with E-state index in [9.17, 15) is 0 Å². The van der Waals surface area contributed by atoms with Gasteiger partial charge in [-0.2, -0.15) is 5.10 Å². The van der Waals surface area contributed by atoms with E-state index in [1.807, 2.05) is 55.6 Å². The van der Waals surface area contributed by atoms with Crippen molar-refractivity contribution in [2.24, 2.45) is 0 Å². The Bertz CT molecular complexity index is 1490. The van der Waals surface area contributed by atoms with Crippen LogP contribution in [-0.2, 0) is 0 Å². The van der Waals surface area contributed by atoms with Crippen LogP contribution in [0.4, 0.5) is 17.3 Å². The second-order valence-electron chi connectivity index (χ2n) is 8.48. The third-order valence-electron chi connectivity index (χ3n) is 6.05. The molecule has 1 aliphatic heterocycles. The molecule has 4 aromatic heterocycles. The highest BCUT2D eigenvalue weighted by Gasteiger charge is 2.14. The molecule has 35 heavy (non-hydrogen) atoms. The van der Waals surface area contributed by atoms with Crippen LogP contribution in [0.25, 0.3) is 16.7 Å². The van der Waals surface area contributed by atoms with Gasteiger partial charge in [0.15, 0.2) is 11.5 Å². The third kappa shape index (κ3) is 4.43. The summed E-state index contributed by atoms with van der Waals surface area (Å²) in [4.78, 5) is 20.3. The molecule has 0 aliphatic carbocycles. The van der Waals surface area contributed by atoms with Gasteiger partial charge in [-0.1, -0.05) is 0 Å². The Morgan fingerprint density at radius 1 is 0.971 bits per heavy atom. The van der Waals surface area contributed by atoms with Gasteiger partial charge in [0.2, 0.25) is 0 Å². The fraction of sp³-hybridized carbons (Fsp3) is 0.240. The molecule has 1 aliphatic rings. The summed E-state index contributed by atoms with van der Waals surface area (Å²) in [5.74, 6) is 3.09. The van der Waals surface area contributed by atoms with Gasteiger partial charge in [-0.05, 0) is 61.9 Å². The summed E-state index contributed by atoms with van der Waals surface area (Å²) >= 11 is 0. The number of hydrogen-bond acceptors (Lipinski definition) is 9. The fourth-order valence-electron chi connectivity index (χ4n) is 4.24. The molecule has 0 unspecified atom stereocenters. The van der Waals surface area contributed by atoms with Gasteiger partial charge in [0.1, 0.15) is 35.5 Å². The quantitative estimate of drug-likeness (QED) is 0.400. The van der Waals surface area contributed by atoms with E-state index >= 15 is 0 Å². The van der Waals surface area contributed by atoms with E-state index < -0.39 is 0 Å². The number of nitrogens with one attached hydrogen (secondary N) is 2. The van der Waals surface area contributed by atoms with E-state index in [2.05, 4.69) is 35.6 Å². The van der Waals surface area contributed by atoms with Crippen molar-refractivity contribution in [1.29, 1.82) is 0 Å². The number of rotatable bonds is 5. The maximum atomic E-state index is 6.10. The van der Waals surface area contributed by atoms with Crippen molar-refractivity contribution >= 4 is 34.0 Å². The molecule has 0 radical (unpaired) electrons. The van der Waals surface area contributed by atoms with E-state index in [1.165, 1.54) is 6.33 Å². The zero-order valence-corrected chi connectivity index (χ0v) is 19.3. The molecule has 5 aromatic rings. The van der Waals surface area contributed by atoms with Crippen molar-refractivity contribution in [2.75, 3.05) is 36.4 Å². The van der Waals surface area contributed by atoms with Crippen LogP contribution in [0.5, 0.6) is 11.5 Å². The Morgan fingerprint density at radius 2 is 1.94 bits per heavy atom. The highest BCUT2D eigenvalue weighted by Crippen LogP contribution is 2.30. The molecule has 0 saturated carbocycles. The Hall–Kier alpha value is -4.31. The molecule has 2 N–H and O–H groups in total. The number of hydrogen-bond donors (Lipinski definition) is 2. The van der Waals surface area contributed by atoms with Gasteiger partial charge < -0.3 is 20.3 Å².